The summed E-state index contributed by atoms with van der Waals surface area (Å²) in [5.74, 6) is 0.577. The van der Waals surface area contributed by atoms with Crippen LogP contribution in [0.25, 0.3) is 0 Å². The summed E-state index contributed by atoms with van der Waals surface area (Å²) in [6, 6.07) is 7.66. The van der Waals surface area contributed by atoms with E-state index >= 15 is 0 Å². The summed E-state index contributed by atoms with van der Waals surface area (Å²) in [6.45, 7) is 7.72. The minimum Gasteiger partial charge on any atom is -0.379 e. The van der Waals surface area contributed by atoms with E-state index in [1.807, 2.05) is 24.3 Å². The molecule has 2 N–H and O–H groups in total. The quantitative estimate of drug-likeness (QED) is 0.325. The van der Waals surface area contributed by atoms with Crippen LogP contribution >= 0.6 is 24.0 Å². The van der Waals surface area contributed by atoms with E-state index in [-0.39, 0.29) is 47.8 Å². The van der Waals surface area contributed by atoms with Gasteiger partial charge < -0.3 is 15.4 Å². The Balaban J connectivity index is 0.00000392. The van der Waals surface area contributed by atoms with E-state index < -0.39 is 10.0 Å². The van der Waals surface area contributed by atoms with E-state index in [4.69, 9.17) is 4.74 Å². The smallest absolute Gasteiger partial charge is 0.236 e. The summed E-state index contributed by atoms with van der Waals surface area (Å²) >= 11 is 0. The van der Waals surface area contributed by atoms with Gasteiger partial charge in [0.2, 0.25) is 10.0 Å². The molecule has 0 aliphatic carbocycles. The normalized spacial score (nSPS) is 15.6. The van der Waals surface area contributed by atoms with Crippen molar-refractivity contribution < 1.29 is 13.2 Å². The van der Waals surface area contributed by atoms with E-state index in [2.05, 4.69) is 36.4 Å². The number of anilines is 1. The van der Waals surface area contributed by atoms with Crippen LogP contribution in [-0.2, 0) is 21.2 Å². The van der Waals surface area contributed by atoms with Gasteiger partial charge in [-0.3, -0.25) is 9.30 Å². The predicted molar refractivity (Wildman–Crippen MR) is 126 cm³/mol. The number of methoxy groups -OCH3 is 1. The average molecular weight is 524 g/mol. The van der Waals surface area contributed by atoms with Crippen molar-refractivity contribution in [1.29, 1.82) is 0 Å². The van der Waals surface area contributed by atoms with Crippen molar-refractivity contribution in [1.82, 2.24) is 10.6 Å². The Morgan fingerprint density at radius 3 is 2.57 bits per heavy atom. The molecule has 2 rings (SSSR count). The van der Waals surface area contributed by atoms with E-state index in [1.54, 1.807) is 14.2 Å². The first-order valence-corrected chi connectivity index (χ1v) is 10.9. The SMILES string of the molecule is CN=C(NCCS(=O)(=O)N1CCc2ccccc21)NCC(OC)C(C)(C)C.I. The van der Waals surface area contributed by atoms with Crippen molar-refractivity contribution >= 4 is 45.6 Å². The fraction of sp³-hybridized carbons (Fsp3) is 0.632. The minimum atomic E-state index is -3.37. The van der Waals surface area contributed by atoms with Gasteiger partial charge in [-0.15, -0.1) is 24.0 Å². The van der Waals surface area contributed by atoms with Crippen molar-refractivity contribution in [2.75, 3.05) is 43.8 Å². The molecule has 1 unspecified atom stereocenters. The van der Waals surface area contributed by atoms with Crippen LogP contribution in [0.15, 0.2) is 29.3 Å². The second-order valence-electron chi connectivity index (χ2n) is 7.74. The van der Waals surface area contributed by atoms with Crippen LogP contribution in [-0.4, -0.2) is 60.0 Å². The van der Waals surface area contributed by atoms with Gasteiger partial charge in [-0.2, -0.15) is 0 Å². The summed E-state index contributed by atoms with van der Waals surface area (Å²) < 4.78 is 32.5. The highest BCUT2D eigenvalue weighted by atomic mass is 127. The van der Waals surface area contributed by atoms with Crippen LogP contribution in [0, 0.1) is 5.41 Å². The number of ether oxygens (including phenoxy) is 1. The molecule has 0 fully saturated rings. The third-order valence-electron chi connectivity index (χ3n) is 4.76. The largest absolute Gasteiger partial charge is 0.379 e. The summed E-state index contributed by atoms with van der Waals surface area (Å²) in [4.78, 5) is 4.16. The molecule has 0 saturated carbocycles. The zero-order valence-electron chi connectivity index (χ0n) is 17.4. The summed E-state index contributed by atoms with van der Waals surface area (Å²) in [5, 5.41) is 6.29. The first-order valence-electron chi connectivity index (χ1n) is 9.24. The Hall–Kier alpha value is -1.07. The second kappa shape index (κ2) is 10.6. The van der Waals surface area contributed by atoms with Gasteiger partial charge in [0.25, 0.3) is 0 Å². The predicted octanol–water partition coefficient (Wildman–Crippen LogP) is 2.22. The first kappa shape index (κ1) is 25.0. The highest BCUT2D eigenvalue weighted by Gasteiger charge is 2.29. The average Bonchev–Trinajstić information content (AvgIpc) is 3.04. The summed E-state index contributed by atoms with van der Waals surface area (Å²) in [6.07, 6.45) is 0.776. The lowest BCUT2D eigenvalue weighted by Crippen LogP contribution is -2.46. The van der Waals surface area contributed by atoms with Crippen molar-refractivity contribution in [3.8, 4) is 0 Å². The van der Waals surface area contributed by atoms with Crippen molar-refractivity contribution in [3.05, 3.63) is 29.8 Å². The Kier molecular flexibility index (Phi) is 9.48. The van der Waals surface area contributed by atoms with Crippen molar-refractivity contribution in [2.24, 2.45) is 10.4 Å². The molecule has 1 atom stereocenters. The maximum absolute atomic E-state index is 12.7. The molecule has 1 aromatic carbocycles. The fourth-order valence-corrected chi connectivity index (χ4v) is 4.59. The molecule has 0 radical (unpaired) electrons. The molecule has 0 aromatic heterocycles. The lowest BCUT2D eigenvalue weighted by molar-refractivity contribution is 0.0205. The second-order valence-corrected chi connectivity index (χ2v) is 9.75. The fourth-order valence-electron chi connectivity index (χ4n) is 3.16. The molecular formula is C19H33IN4O3S. The number of fused-ring (bicyclic) bond motifs is 1. The lowest BCUT2D eigenvalue weighted by atomic mass is 9.89. The van der Waals surface area contributed by atoms with E-state index in [0.717, 1.165) is 17.7 Å². The van der Waals surface area contributed by atoms with E-state index in [1.165, 1.54) is 4.31 Å². The number of para-hydroxylation sites is 1. The van der Waals surface area contributed by atoms with Gasteiger partial charge in [-0.25, -0.2) is 8.42 Å². The number of rotatable bonds is 7. The number of benzene rings is 1. The number of halogens is 1. The number of aliphatic imine (C=N–C) groups is 1. The van der Waals surface area contributed by atoms with Crippen LogP contribution in [0.1, 0.15) is 26.3 Å². The monoisotopic (exact) mass is 524 g/mol. The molecule has 1 aliphatic heterocycles. The Bertz CT molecular complexity index is 763. The third kappa shape index (κ3) is 6.48. The molecule has 0 saturated heterocycles. The van der Waals surface area contributed by atoms with Crippen LogP contribution in [0.5, 0.6) is 0 Å². The van der Waals surface area contributed by atoms with Crippen LogP contribution in [0.4, 0.5) is 5.69 Å². The molecule has 0 amide bonds. The maximum atomic E-state index is 12.7. The molecule has 1 aromatic rings. The Morgan fingerprint density at radius 1 is 1.29 bits per heavy atom. The van der Waals surface area contributed by atoms with Gasteiger partial charge in [-0.05, 0) is 23.5 Å². The summed E-state index contributed by atoms with van der Waals surface area (Å²) in [5.41, 5.74) is 1.88. The molecule has 0 bridgehead atoms. The van der Waals surface area contributed by atoms with Gasteiger partial charge in [0.05, 0.1) is 17.5 Å². The highest BCUT2D eigenvalue weighted by Crippen LogP contribution is 2.29. The van der Waals surface area contributed by atoms with Crippen LogP contribution < -0.4 is 14.9 Å². The number of nitrogens with zero attached hydrogens (tertiary/aromatic N) is 2. The zero-order chi connectivity index (χ0) is 20.1. The van der Waals surface area contributed by atoms with Crippen LogP contribution in [0.3, 0.4) is 0 Å². The van der Waals surface area contributed by atoms with Crippen LogP contribution in [0.2, 0.25) is 0 Å². The zero-order valence-corrected chi connectivity index (χ0v) is 20.5. The number of guanidine groups is 1. The van der Waals surface area contributed by atoms with Crippen molar-refractivity contribution in [3.63, 3.8) is 0 Å². The van der Waals surface area contributed by atoms with Gasteiger partial charge >= 0.3 is 0 Å². The van der Waals surface area contributed by atoms with Crippen molar-refractivity contribution in [2.45, 2.75) is 33.3 Å². The van der Waals surface area contributed by atoms with E-state index in [9.17, 15) is 8.42 Å². The Morgan fingerprint density at radius 2 is 1.96 bits per heavy atom. The first-order chi connectivity index (χ1) is 12.7. The van der Waals surface area contributed by atoms with Gasteiger partial charge in [0.1, 0.15) is 0 Å². The number of sulfonamides is 1. The minimum absolute atomic E-state index is 0. The van der Waals surface area contributed by atoms with E-state index in [0.29, 0.717) is 19.0 Å². The molecule has 0 spiro atoms. The molecule has 28 heavy (non-hydrogen) atoms. The molecule has 1 aliphatic rings. The summed E-state index contributed by atoms with van der Waals surface area (Å²) in [7, 11) is -0.0182. The highest BCUT2D eigenvalue weighted by molar-refractivity contribution is 14.0. The maximum Gasteiger partial charge on any atom is 0.236 e. The molecule has 1 heterocycles. The standard InChI is InChI=1S/C19H32N4O3S.HI/c1-19(2,3)17(26-5)14-22-18(20-4)21-11-13-27(24,25)23-12-10-15-8-6-7-9-16(15)23;/h6-9,17H,10-14H2,1-5H3,(H2,20,21,22);1H. The Labute approximate surface area is 186 Å². The van der Waals surface area contributed by atoms with Gasteiger partial charge in [-0.1, -0.05) is 39.0 Å². The molecule has 9 heteroatoms. The number of hydrogen-bond acceptors (Lipinski definition) is 4. The lowest BCUT2D eigenvalue weighted by Gasteiger charge is -2.30. The molecule has 7 nitrogen and oxygen atoms in total. The van der Waals surface area contributed by atoms with Gasteiger partial charge in [0, 0.05) is 33.8 Å². The number of hydrogen-bond donors (Lipinski definition) is 2. The van der Waals surface area contributed by atoms with Gasteiger partial charge in [0.15, 0.2) is 5.96 Å². The number of nitrogens with one attached hydrogen (secondary N) is 2. The molecule has 160 valence electrons. The topological polar surface area (TPSA) is 83.0 Å². The third-order valence-corrected chi connectivity index (χ3v) is 6.53. The molecular weight excluding hydrogens is 491 g/mol.